The van der Waals surface area contributed by atoms with Gasteiger partial charge in [-0.25, -0.2) is 4.98 Å². The van der Waals surface area contributed by atoms with Crippen LogP contribution in [0.2, 0.25) is 0 Å². The second kappa shape index (κ2) is 9.96. The summed E-state index contributed by atoms with van der Waals surface area (Å²) in [7, 11) is 0. The first-order chi connectivity index (χ1) is 14.7. The molecule has 1 aliphatic rings. The van der Waals surface area contributed by atoms with Crippen molar-refractivity contribution in [2.45, 2.75) is 45.6 Å². The van der Waals surface area contributed by atoms with Crippen molar-refractivity contribution in [1.29, 1.82) is 0 Å². The van der Waals surface area contributed by atoms with Gasteiger partial charge in [-0.3, -0.25) is 19.3 Å². The van der Waals surface area contributed by atoms with Gasteiger partial charge < -0.3 is 9.88 Å². The summed E-state index contributed by atoms with van der Waals surface area (Å²) < 4.78 is 1.91. The van der Waals surface area contributed by atoms with Crippen LogP contribution in [0.5, 0.6) is 0 Å². The normalized spacial score (nSPS) is 15.7. The lowest BCUT2D eigenvalue weighted by Crippen LogP contribution is -2.37. The van der Waals surface area contributed by atoms with E-state index in [1.54, 1.807) is 18.6 Å². The van der Waals surface area contributed by atoms with E-state index in [2.05, 4.69) is 31.1 Å². The number of carbonyl (C=O) groups is 3. The number of imide groups is 1. The first-order valence-electron chi connectivity index (χ1n) is 10.3. The highest BCUT2D eigenvalue weighted by Crippen LogP contribution is 2.32. The van der Waals surface area contributed by atoms with Crippen LogP contribution in [0.25, 0.3) is 6.08 Å². The number of imidazole rings is 1. The predicted molar refractivity (Wildman–Crippen MR) is 122 cm³/mol. The Bertz CT molecular complexity index is 960. The smallest absolute Gasteiger partial charge is 0.293 e. The first-order valence-corrected chi connectivity index (χ1v) is 11.1. The van der Waals surface area contributed by atoms with Gasteiger partial charge in [0.05, 0.1) is 11.2 Å². The molecule has 1 aromatic heterocycles. The van der Waals surface area contributed by atoms with Crippen molar-refractivity contribution in [2.24, 2.45) is 0 Å². The molecule has 1 aromatic carbocycles. The zero-order valence-electron chi connectivity index (χ0n) is 18.1. The molecule has 164 valence electrons. The van der Waals surface area contributed by atoms with Gasteiger partial charge in [-0.1, -0.05) is 45.0 Å². The number of nitrogens with one attached hydrogen (secondary N) is 1. The Labute approximate surface area is 186 Å². The van der Waals surface area contributed by atoms with Crippen molar-refractivity contribution < 1.29 is 14.4 Å². The minimum Gasteiger partial charge on any atom is -0.354 e. The van der Waals surface area contributed by atoms with Crippen LogP contribution < -0.4 is 5.32 Å². The minimum absolute atomic E-state index is 0.0558. The molecular weight excluding hydrogens is 412 g/mol. The van der Waals surface area contributed by atoms with Crippen LogP contribution in [0.3, 0.4) is 0 Å². The third kappa shape index (κ3) is 6.30. The maximum atomic E-state index is 12.6. The van der Waals surface area contributed by atoms with E-state index in [4.69, 9.17) is 0 Å². The van der Waals surface area contributed by atoms with Gasteiger partial charge in [0.25, 0.3) is 11.1 Å². The molecule has 0 spiro atoms. The standard InChI is InChI=1S/C23H28N4O3S/c1-23(2,3)18-8-6-17(7-9-18)15-19-21(29)27(22(30)31-19)14-11-25-20(28)5-4-12-26-13-10-24-16-26/h6-10,13,15-16H,4-5,11-12,14H2,1-3H3,(H,25,28)/b19-15+. The molecule has 0 bridgehead atoms. The number of thioether (sulfide) groups is 1. The molecule has 1 aliphatic heterocycles. The van der Waals surface area contributed by atoms with E-state index >= 15 is 0 Å². The highest BCUT2D eigenvalue weighted by Gasteiger charge is 2.34. The average molecular weight is 441 g/mol. The largest absolute Gasteiger partial charge is 0.354 e. The van der Waals surface area contributed by atoms with Gasteiger partial charge in [-0.15, -0.1) is 0 Å². The number of amides is 3. The number of nitrogens with zero attached hydrogens (tertiary/aromatic N) is 3. The fourth-order valence-corrected chi connectivity index (χ4v) is 4.03. The molecule has 3 rings (SSSR count). The van der Waals surface area contributed by atoms with Crippen molar-refractivity contribution in [2.75, 3.05) is 13.1 Å². The Morgan fingerprint density at radius 1 is 1.16 bits per heavy atom. The quantitative estimate of drug-likeness (QED) is 0.631. The van der Waals surface area contributed by atoms with Gasteiger partial charge >= 0.3 is 0 Å². The number of aromatic nitrogens is 2. The molecule has 2 aromatic rings. The molecule has 1 fully saturated rings. The van der Waals surface area contributed by atoms with Crippen LogP contribution in [0.4, 0.5) is 4.79 Å². The lowest BCUT2D eigenvalue weighted by atomic mass is 9.87. The monoisotopic (exact) mass is 440 g/mol. The summed E-state index contributed by atoms with van der Waals surface area (Å²) in [4.78, 5) is 42.4. The first kappa shape index (κ1) is 22.8. The van der Waals surface area contributed by atoms with Crippen LogP contribution >= 0.6 is 11.8 Å². The lowest BCUT2D eigenvalue weighted by Gasteiger charge is -2.18. The highest BCUT2D eigenvalue weighted by atomic mass is 32.2. The SMILES string of the molecule is CC(C)(C)c1ccc(/C=C2/SC(=O)N(CCNC(=O)CCCn3ccnc3)C2=O)cc1. The number of rotatable bonds is 8. The number of carbonyl (C=O) groups excluding carboxylic acids is 3. The molecule has 3 amide bonds. The van der Waals surface area contributed by atoms with Crippen LogP contribution in [0, 0.1) is 0 Å². The zero-order valence-corrected chi connectivity index (χ0v) is 18.9. The van der Waals surface area contributed by atoms with Gasteiger partial charge in [0.1, 0.15) is 0 Å². The summed E-state index contributed by atoms with van der Waals surface area (Å²) in [5.41, 5.74) is 2.14. The van der Waals surface area contributed by atoms with Crippen molar-refractivity contribution in [3.05, 3.63) is 59.0 Å². The number of benzene rings is 1. The molecule has 31 heavy (non-hydrogen) atoms. The molecule has 0 atom stereocenters. The Hall–Kier alpha value is -2.87. The molecule has 2 heterocycles. The third-order valence-corrected chi connectivity index (χ3v) is 5.89. The molecule has 7 nitrogen and oxygen atoms in total. The third-order valence-electron chi connectivity index (χ3n) is 4.98. The maximum absolute atomic E-state index is 12.6. The van der Waals surface area contributed by atoms with Crippen molar-refractivity contribution >= 4 is 34.9 Å². The summed E-state index contributed by atoms with van der Waals surface area (Å²) in [5.74, 6) is -0.411. The fraction of sp³-hybridized carbons (Fsp3) is 0.391. The van der Waals surface area contributed by atoms with Gasteiger partial charge in [0.15, 0.2) is 0 Å². The number of aryl methyl sites for hydroxylation is 1. The molecule has 8 heteroatoms. The van der Waals surface area contributed by atoms with E-state index in [0.29, 0.717) is 17.7 Å². The summed E-state index contributed by atoms with van der Waals surface area (Å²) in [5, 5.41) is 2.47. The topological polar surface area (TPSA) is 84.3 Å². The van der Waals surface area contributed by atoms with E-state index < -0.39 is 0 Å². The Balaban J connectivity index is 1.47. The van der Waals surface area contributed by atoms with Gasteiger partial charge in [0.2, 0.25) is 5.91 Å². The number of hydrogen-bond acceptors (Lipinski definition) is 5. The molecule has 1 saturated heterocycles. The van der Waals surface area contributed by atoms with Crippen LogP contribution in [0.1, 0.15) is 44.7 Å². The molecule has 0 unspecified atom stereocenters. The summed E-state index contributed by atoms with van der Waals surface area (Å²) in [6.07, 6.45) is 8.08. The van der Waals surface area contributed by atoms with E-state index in [1.807, 2.05) is 35.0 Å². The number of hydrogen-bond donors (Lipinski definition) is 1. The Morgan fingerprint density at radius 2 is 1.90 bits per heavy atom. The van der Waals surface area contributed by atoms with E-state index in [1.165, 1.54) is 10.5 Å². The van der Waals surface area contributed by atoms with E-state index in [-0.39, 0.29) is 35.6 Å². The van der Waals surface area contributed by atoms with Crippen LogP contribution in [0.15, 0.2) is 47.9 Å². The molecule has 0 saturated carbocycles. The molecule has 0 radical (unpaired) electrons. The highest BCUT2D eigenvalue weighted by molar-refractivity contribution is 8.18. The zero-order chi connectivity index (χ0) is 22.4. The Morgan fingerprint density at radius 3 is 2.55 bits per heavy atom. The van der Waals surface area contributed by atoms with Gasteiger partial charge in [0, 0.05) is 38.4 Å². The van der Waals surface area contributed by atoms with Crippen molar-refractivity contribution in [3.63, 3.8) is 0 Å². The summed E-state index contributed by atoms with van der Waals surface area (Å²) in [6.45, 7) is 7.56. The second-order valence-corrected chi connectivity index (χ2v) is 9.45. The molecule has 0 aliphatic carbocycles. The summed E-state index contributed by atoms with van der Waals surface area (Å²) >= 11 is 0.935. The lowest BCUT2D eigenvalue weighted by molar-refractivity contribution is -0.124. The fourth-order valence-electron chi connectivity index (χ4n) is 3.16. The van der Waals surface area contributed by atoms with E-state index in [9.17, 15) is 14.4 Å². The molecular formula is C23H28N4O3S. The van der Waals surface area contributed by atoms with Crippen molar-refractivity contribution in [3.8, 4) is 0 Å². The van der Waals surface area contributed by atoms with E-state index in [0.717, 1.165) is 23.9 Å². The van der Waals surface area contributed by atoms with Crippen molar-refractivity contribution in [1.82, 2.24) is 19.8 Å². The van der Waals surface area contributed by atoms with Gasteiger partial charge in [-0.05, 0) is 40.8 Å². The maximum Gasteiger partial charge on any atom is 0.293 e. The van der Waals surface area contributed by atoms with Crippen LogP contribution in [-0.2, 0) is 21.5 Å². The van der Waals surface area contributed by atoms with Gasteiger partial charge in [-0.2, -0.15) is 0 Å². The average Bonchev–Trinajstić information content (AvgIpc) is 3.31. The van der Waals surface area contributed by atoms with Crippen LogP contribution in [-0.4, -0.2) is 44.6 Å². The molecule has 1 N–H and O–H groups in total. The second-order valence-electron chi connectivity index (χ2n) is 8.46. The Kier molecular flexibility index (Phi) is 7.33. The predicted octanol–water partition coefficient (Wildman–Crippen LogP) is 3.81. The minimum atomic E-state index is -0.316. The summed E-state index contributed by atoms with van der Waals surface area (Å²) in [6, 6.07) is 7.99.